The zero-order chi connectivity index (χ0) is 21.9. The molecule has 0 aliphatic heterocycles. The summed E-state index contributed by atoms with van der Waals surface area (Å²) in [4.78, 5) is 24.5. The number of hydrogen-bond acceptors (Lipinski definition) is 5. The Labute approximate surface area is 182 Å². The second-order valence-electron chi connectivity index (χ2n) is 7.01. The van der Waals surface area contributed by atoms with Gasteiger partial charge in [-0.3, -0.25) is 0 Å². The van der Waals surface area contributed by atoms with E-state index in [0.29, 0.717) is 36.5 Å². The lowest BCUT2D eigenvalue weighted by atomic mass is 10.2. The summed E-state index contributed by atoms with van der Waals surface area (Å²) in [6, 6.07) is 23.0. The van der Waals surface area contributed by atoms with Crippen LogP contribution in [0.5, 0.6) is 11.5 Å². The number of rotatable bonds is 10. The molecule has 3 aromatic rings. The largest absolute Gasteiger partial charge is 0.494 e. The quantitative estimate of drug-likeness (QED) is 0.248. The number of carbonyl (C=O) groups is 2. The van der Waals surface area contributed by atoms with Crippen LogP contribution in [0.4, 0.5) is 0 Å². The van der Waals surface area contributed by atoms with Crippen molar-refractivity contribution in [1.82, 2.24) is 0 Å². The Morgan fingerprint density at radius 3 is 1.97 bits per heavy atom. The molecular weight excluding hydrogens is 392 g/mol. The Hall–Kier alpha value is -3.60. The average molecular weight is 418 g/mol. The van der Waals surface area contributed by atoms with Crippen LogP contribution in [-0.4, -0.2) is 25.2 Å². The van der Waals surface area contributed by atoms with Crippen molar-refractivity contribution in [1.29, 1.82) is 0 Å². The molecule has 0 amide bonds. The van der Waals surface area contributed by atoms with E-state index in [-0.39, 0.29) is 0 Å². The number of carbonyl (C=O) groups excluding carboxylic acids is 2. The summed E-state index contributed by atoms with van der Waals surface area (Å²) in [7, 11) is 0. The minimum atomic E-state index is -0.474. The van der Waals surface area contributed by atoms with E-state index in [9.17, 15) is 9.59 Å². The molecule has 0 saturated heterocycles. The molecule has 0 aliphatic carbocycles. The summed E-state index contributed by atoms with van der Waals surface area (Å²) < 4.78 is 16.3. The number of esters is 2. The van der Waals surface area contributed by atoms with E-state index in [4.69, 9.17) is 14.2 Å². The molecule has 5 nitrogen and oxygen atoms in total. The van der Waals surface area contributed by atoms with Crippen molar-refractivity contribution in [3.63, 3.8) is 0 Å². The van der Waals surface area contributed by atoms with Gasteiger partial charge in [-0.2, -0.15) is 0 Å². The maximum absolute atomic E-state index is 12.3. The summed E-state index contributed by atoms with van der Waals surface area (Å²) in [5, 5.41) is 0. The van der Waals surface area contributed by atoms with Crippen molar-refractivity contribution >= 4 is 11.9 Å². The van der Waals surface area contributed by atoms with E-state index in [1.807, 2.05) is 30.3 Å². The molecule has 31 heavy (non-hydrogen) atoms. The Morgan fingerprint density at radius 1 is 0.710 bits per heavy atom. The van der Waals surface area contributed by atoms with Gasteiger partial charge in [-0.1, -0.05) is 43.7 Å². The Balaban J connectivity index is 1.48. The van der Waals surface area contributed by atoms with E-state index < -0.39 is 11.9 Å². The van der Waals surface area contributed by atoms with E-state index in [2.05, 4.69) is 6.92 Å². The highest BCUT2D eigenvalue weighted by Gasteiger charge is 2.11. The molecule has 0 radical (unpaired) electrons. The van der Waals surface area contributed by atoms with Crippen LogP contribution in [-0.2, 0) is 11.2 Å². The molecule has 0 aromatic heterocycles. The first-order valence-electron chi connectivity index (χ1n) is 10.4. The van der Waals surface area contributed by atoms with Crippen LogP contribution >= 0.6 is 0 Å². The van der Waals surface area contributed by atoms with Gasteiger partial charge in [-0.15, -0.1) is 0 Å². The lowest BCUT2D eigenvalue weighted by molar-refractivity contribution is 0.0509. The van der Waals surface area contributed by atoms with Crippen LogP contribution in [0.15, 0.2) is 78.9 Å². The molecule has 0 unspecified atom stereocenters. The molecular formula is C26H26O5. The van der Waals surface area contributed by atoms with Gasteiger partial charge in [-0.05, 0) is 60.5 Å². The third-order valence-electron chi connectivity index (χ3n) is 4.62. The van der Waals surface area contributed by atoms with E-state index in [0.717, 1.165) is 24.2 Å². The molecule has 3 rings (SSSR count). The Bertz CT molecular complexity index is 963. The van der Waals surface area contributed by atoms with Crippen molar-refractivity contribution in [2.75, 3.05) is 13.2 Å². The van der Waals surface area contributed by atoms with Gasteiger partial charge in [0.15, 0.2) is 0 Å². The first-order chi connectivity index (χ1) is 15.2. The molecule has 160 valence electrons. The fourth-order valence-corrected chi connectivity index (χ4v) is 2.84. The van der Waals surface area contributed by atoms with Gasteiger partial charge in [0.1, 0.15) is 11.5 Å². The molecule has 0 fully saturated rings. The van der Waals surface area contributed by atoms with E-state index in [1.165, 1.54) is 0 Å². The fraction of sp³-hybridized carbons (Fsp3) is 0.231. The van der Waals surface area contributed by atoms with Crippen molar-refractivity contribution in [2.45, 2.75) is 26.2 Å². The third kappa shape index (κ3) is 7.00. The second kappa shape index (κ2) is 11.6. The second-order valence-corrected chi connectivity index (χ2v) is 7.01. The third-order valence-corrected chi connectivity index (χ3v) is 4.62. The van der Waals surface area contributed by atoms with Gasteiger partial charge in [0.25, 0.3) is 0 Å². The molecule has 0 spiro atoms. The first-order valence-corrected chi connectivity index (χ1v) is 10.4. The number of benzene rings is 3. The van der Waals surface area contributed by atoms with Gasteiger partial charge < -0.3 is 14.2 Å². The predicted octanol–water partition coefficient (Wildman–Crippen LogP) is 5.48. The SMILES string of the molecule is CCCCOc1ccc(C(=O)Oc2ccc(C(=O)OCCc3ccccc3)cc2)cc1. The molecule has 0 bridgehead atoms. The monoisotopic (exact) mass is 418 g/mol. The molecule has 5 heteroatoms. The van der Waals surface area contributed by atoms with Gasteiger partial charge >= 0.3 is 11.9 Å². The summed E-state index contributed by atoms with van der Waals surface area (Å²) in [6.07, 6.45) is 2.71. The van der Waals surface area contributed by atoms with E-state index >= 15 is 0 Å². The van der Waals surface area contributed by atoms with Crippen molar-refractivity contribution in [3.05, 3.63) is 95.6 Å². The lowest BCUT2D eigenvalue weighted by Crippen LogP contribution is -2.10. The minimum absolute atomic E-state index is 0.303. The predicted molar refractivity (Wildman–Crippen MR) is 119 cm³/mol. The van der Waals surface area contributed by atoms with Crippen LogP contribution in [0.2, 0.25) is 0 Å². The molecule has 0 heterocycles. The van der Waals surface area contributed by atoms with Gasteiger partial charge in [0.2, 0.25) is 0 Å². The Morgan fingerprint density at radius 2 is 1.32 bits per heavy atom. The zero-order valence-electron chi connectivity index (χ0n) is 17.6. The molecule has 0 saturated carbocycles. The smallest absolute Gasteiger partial charge is 0.343 e. The van der Waals surface area contributed by atoms with Crippen molar-refractivity contribution in [3.8, 4) is 11.5 Å². The summed E-state index contributed by atoms with van der Waals surface area (Å²) >= 11 is 0. The average Bonchev–Trinajstić information content (AvgIpc) is 2.81. The summed E-state index contributed by atoms with van der Waals surface area (Å²) in [5.74, 6) is 0.194. The summed E-state index contributed by atoms with van der Waals surface area (Å²) in [6.45, 7) is 3.06. The molecule has 0 N–H and O–H groups in total. The van der Waals surface area contributed by atoms with Crippen molar-refractivity contribution in [2.24, 2.45) is 0 Å². The highest BCUT2D eigenvalue weighted by Crippen LogP contribution is 2.17. The molecule has 3 aromatic carbocycles. The first kappa shape index (κ1) is 22.1. The van der Waals surface area contributed by atoms with Crippen LogP contribution in [0.1, 0.15) is 46.0 Å². The van der Waals surface area contributed by atoms with Crippen molar-refractivity contribution < 1.29 is 23.8 Å². The number of hydrogen-bond donors (Lipinski definition) is 0. The maximum atomic E-state index is 12.3. The number of unbranched alkanes of at least 4 members (excludes halogenated alkanes) is 1. The number of ether oxygens (including phenoxy) is 3. The topological polar surface area (TPSA) is 61.8 Å². The maximum Gasteiger partial charge on any atom is 0.343 e. The van der Waals surface area contributed by atoms with Crippen LogP contribution < -0.4 is 9.47 Å². The van der Waals surface area contributed by atoms with Gasteiger partial charge in [0, 0.05) is 6.42 Å². The fourth-order valence-electron chi connectivity index (χ4n) is 2.84. The zero-order valence-corrected chi connectivity index (χ0v) is 17.6. The standard InChI is InChI=1S/C26H26O5/c1-2-3-18-29-23-13-9-22(10-14-23)26(28)31-24-15-11-21(12-16-24)25(27)30-19-17-20-7-5-4-6-8-20/h4-16H,2-3,17-19H2,1H3. The normalized spacial score (nSPS) is 10.4. The Kier molecular flexibility index (Phi) is 8.23. The van der Waals surface area contributed by atoms with Crippen LogP contribution in [0, 0.1) is 0 Å². The van der Waals surface area contributed by atoms with E-state index in [1.54, 1.807) is 48.5 Å². The highest BCUT2D eigenvalue weighted by molar-refractivity contribution is 5.92. The highest BCUT2D eigenvalue weighted by atomic mass is 16.5. The van der Waals surface area contributed by atoms with Gasteiger partial charge in [0.05, 0.1) is 24.3 Å². The van der Waals surface area contributed by atoms with Crippen LogP contribution in [0.25, 0.3) is 0 Å². The minimum Gasteiger partial charge on any atom is -0.494 e. The summed E-state index contributed by atoms with van der Waals surface area (Å²) in [5.41, 5.74) is 1.94. The van der Waals surface area contributed by atoms with Crippen LogP contribution in [0.3, 0.4) is 0 Å². The lowest BCUT2D eigenvalue weighted by Gasteiger charge is -2.08. The van der Waals surface area contributed by atoms with Gasteiger partial charge in [-0.25, -0.2) is 9.59 Å². The molecule has 0 aliphatic rings. The molecule has 0 atom stereocenters.